The van der Waals surface area contributed by atoms with Crippen molar-refractivity contribution >= 4 is 13.7 Å². The molecular weight excluding hydrogens is 54.8 g/mol. The van der Waals surface area contributed by atoms with Crippen LogP contribution in [0.4, 0.5) is 4.79 Å². The molecule has 0 aromatic carbocycles. The van der Waals surface area contributed by atoms with Crippen molar-refractivity contribution in [2.75, 3.05) is 0 Å². The minimum atomic E-state index is -1.33. The largest absolute Gasteiger partial charge is 0.524 e. The molecule has 0 saturated carbocycles. The molecule has 1 N–H and O–H groups in total. The first-order valence-electron chi connectivity index (χ1n) is 0.716. The van der Waals surface area contributed by atoms with Crippen LogP contribution in [0, 0.1) is 0 Å². The summed E-state index contributed by atoms with van der Waals surface area (Å²) in [5, 5.41) is 7.19. The van der Waals surface area contributed by atoms with Crippen LogP contribution >= 0.6 is 0 Å². The fourth-order valence-electron chi connectivity index (χ4n) is 0. The summed E-state index contributed by atoms with van der Waals surface area (Å²) in [5.41, 5.74) is 0. The molecule has 0 rings (SSSR count). The highest BCUT2D eigenvalue weighted by atomic mass is 16.4. The van der Waals surface area contributed by atoms with E-state index in [0.717, 1.165) is 0 Å². The quantitative estimate of drug-likeness (QED) is 0.391. The molecule has 21 valence electrons. The monoisotopic (exact) mass is 56.0 g/mol. The maximum Gasteiger partial charge on any atom is 0.0134 e. The minimum absolute atomic E-state index is 1.33. The molecule has 0 heterocycles. The smallest absolute Gasteiger partial charge is 0.0134 e. The van der Waals surface area contributed by atoms with Crippen molar-refractivity contribution < 1.29 is 9.90 Å². The average Bonchev–Trinajstić information content (AvgIpc) is 0.811. The van der Waals surface area contributed by atoms with Gasteiger partial charge in [-0.2, -0.15) is 0 Å². The average molecular weight is 55.8 g/mol. The second-order valence-corrected chi connectivity index (χ2v) is 0.338. The Hall–Kier alpha value is -0.465. The van der Waals surface area contributed by atoms with Crippen molar-refractivity contribution in [1.29, 1.82) is 0 Å². The first kappa shape index (κ1) is 3.53. The summed E-state index contributed by atoms with van der Waals surface area (Å²) < 4.78 is 0. The molecule has 3 radical (unpaired) electrons. The summed E-state index contributed by atoms with van der Waals surface area (Å²) >= 11 is 0. The Bertz CT molecular complexity index is 29.0. The topological polar surface area (TPSA) is 37.3 Å². The maximum absolute atomic E-state index is 8.78. The van der Waals surface area contributed by atoms with Gasteiger partial charge < -0.3 is 17.7 Å². The van der Waals surface area contributed by atoms with Crippen molar-refractivity contribution in [3.63, 3.8) is 0 Å². The molecule has 0 amide bonds. The summed E-state index contributed by atoms with van der Waals surface area (Å²) in [7, 11) is 4.03. The van der Waals surface area contributed by atoms with E-state index >= 15 is 0 Å². The molecule has 0 aromatic heterocycles. The Morgan fingerprint density at radius 3 is 2.00 bits per heavy atom. The van der Waals surface area contributed by atoms with Gasteiger partial charge in [0.25, 0.3) is 0 Å². The lowest BCUT2D eigenvalue weighted by Crippen LogP contribution is -1.83. The van der Waals surface area contributed by atoms with Crippen molar-refractivity contribution in [3.8, 4) is 0 Å². The molecule has 0 aromatic rings. The predicted molar refractivity (Wildman–Crippen MR) is 13.8 cm³/mol. The Morgan fingerprint density at radius 1 is 2.00 bits per heavy atom. The van der Waals surface area contributed by atoms with E-state index in [1.807, 2.05) is 0 Å². The first-order chi connectivity index (χ1) is 1.73. The molecule has 4 heavy (non-hydrogen) atoms. The van der Waals surface area contributed by atoms with Crippen LogP contribution < -0.4 is 0 Å². The number of carboxylic acid groups (broad SMARTS) is 1. The third-order valence-corrected chi connectivity index (χ3v) is 0. The van der Waals surface area contributed by atoms with Gasteiger partial charge >= 0.3 is 0 Å². The van der Waals surface area contributed by atoms with Gasteiger partial charge in [0.1, 0.15) is 0 Å². The van der Waals surface area contributed by atoms with E-state index in [2.05, 4.69) is 7.85 Å². The van der Waals surface area contributed by atoms with Crippen molar-refractivity contribution in [3.05, 3.63) is 0 Å². The first-order valence-corrected chi connectivity index (χ1v) is 0.716. The van der Waals surface area contributed by atoms with Crippen LogP contribution in [-0.4, -0.2) is 18.8 Å². The summed E-state index contributed by atoms with van der Waals surface area (Å²) in [6, 6.07) is 0. The van der Waals surface area contributed by atoms with Crippen molar-refractivity contribution in [1.82, 2.24) is 0 Å². The normalized spacial score (nSPS) is 6.25. The second kappa shape index (κ2) is 0.929. The van der Waals surface area contributed by atoms with Gasteiger partial charge in [-0.15, -0.1) is 0 Å². The molecule has 0 aliphatic rings. The van der Waals surface area contributed by atoms with E-state index in [1.165, 1.54) is 0 Å². The number of hydrogen-bond donors (Lipinski definition) is 1. The third kappa shape index (κ3) is 2.03. The van der Waals surface area contributed by atoms with Crippen molar-refractivity contribution in [2.45, 2.75) is 0 Å². The standard InChI is InChI=1S/CHBO2/c2-1(3)4/h(H,3,4)/q-1. The Balaban J connectivity index is 2.80. The Morgan fingerprint density at radius 2 is 2.00 bits per heavy atom. The van der Waals surface area contributed by atoms with Crippen LogP contribution in [-0.2, 0) is 0 Å². The zero-order valence-corrected chi connectivity index (χ0v) is 1.93. The van der Waals surface area contributed by atoms with Gasteiger partial charge in [-0.25, -0.2) is 0 Å². The minimum Gasteiger partial charge on any atom is -0.524 e. The molecule has 2 nitrogen and oxygen atoms in total. The summed E-state index contributed by atoms with van der Waals surface area (Å²) in [4.78, 5) is 8.78. The van der Waals surface area contributed by atoms with Crippen LogP contribution in [0.5, 0.6) is 0 Å². The molecule has 0 unspecified atom stereocenters. The molecule has 0 aliphatic heterocycles. The molecule has 3 heteroatoms. The molecule has 0 fully saturated rings. The van der Waals surface area contributed by atoms with Gasteiger partial charge in [0.2, 0.25) is 0 Å². The second-order valence-electron chi connectivity index (χ2n) is 0.338. The van der Waals surface area contributed by atoms with Gasteiger partial charge in [-0.1, -0.05) is 0 Å². The summed E-state index contributed by atoms with van der Waals surface area (Å²) in [5.74, 6) is -1.33. The predicted octanol–water partition coefficient (Wildman–Crippen LogP) is -0.167. The van der Waals surface area contributed by atoms with Crippen molar-refractivity contribution in [2.24, 2.45) is 0 Å². The highest BCUT2D eigenvalue weighted by Gasteiger charge is 1.38. The molecular formula is CHBO2-. The highest BCUT2D eigenvalue weighted by Crippen LogP contribution is 1.41. The van der Waals surface area contributed by atoms with Crippen LogP contribution in [0.15, 0.2) is 0 Å². The van der Waals surface area contributed by atoms with Gasteiger partial charge in [0.15, 0.2) is 0 Å². The molecule has 0 saturated heterocycles. The number of hydrogen-bond acceptors (Lipinski definition) is 1. The van der Waals surface area contributed by atoms with Gasteiger partial charge in [-0.3, -0.25) is 0 Å². The number of rotatable bonds is 0. The molecule has 0 atom stereocenters. The van der Waals surface area contributed by atoms with E-state index in [-0.39, 0.29) is 0 Å². The van der Waals surface area contributed by atoms with E-state index in [4.69, 9.17) is 9.90 Å². The zero-order chi connectivity index (χ0) is 3.58. The lowest BCUT2D eigenvalue weighted by molar-refractivity contribution is 0.220. The Labute approximate surface area is 24.8 Å². The lowest BCUT2D eigenvalue weighted by Gasteiger charge is -1.82. The third-order valence-electron chi connectivity index (χ3n) is 0. The van der Waals surface area contributed by atoms with Crippen LogP contribution in [0.3, 0.4) is 0 Å². The fraction of sp³-hybridized carbons (Fsp3) is 0. The molecule has 0 aliphatic carbocycles. The van der Waals surface area contributed by atoms with E-state index in [9.17, 15) is 0 Å². The molecule has 0 spiro atoms. The van der Waals surface area contributed by atoms with E-state index in [1.54, 1.807) is 0 Å². The lowest BCUT2D eigenvalue weighted by atomic mass is 10.2. The molecule has 0 bridgehead atoms. The van der Waals surface area contributed by atoms with E-state index in [0.29, 0.717) is 0 Å². The van der Waals surface area contributed by atoms with Gasteiger partial charge in [-0.05, 0) is 0 Å². The van der Waals surface area contributed by atoms with Gasteiger partial charge in [0, 0.05) is 5.87 Å². The van der Waals surface area contributed by atoms with E-state index < -0.39 is 5.87 Å². The summed E-state index contributed by atoms with van der Waals surface area (Å²) in [6.45, 7) is 0. The van der Waals surface area contributed by atoms with Crippen LogP contribution in [0.25, 0.3) is 0 Å². The highest BCUT2D eigenvalue weighted by molar-refractivity contribution is 6.54. The SMILES string of the molecule is [B-]C(=O)O. The summed E-state index contributed by atoms with van der Waals surface area (Å²) in [6.07, 6.45) is 0. The Kier molecular flexibility index (Phi) is 0.821. The van der Waals surface area contributed by atoms with Crippen LogP contribution in [0.1, 0.15) is 0 Å². The van der Waals surface area contributed by atoms with Gasteiger partial charge in [0.05, 0.1) is 0 Å². The van der Waals surface area contributed by atoms with Crippen LogP contribution in [0.2, 0.25) is 0 Å². The zero-order valence-electron chi connectivity index (χ0n) is 1.93. The maximum atomic E-state index is 8.78. The number of carbonyl (C=O) groups is 1. The fourth-order valence-corrected chi connectivity index (χ4v) is 0.